The zero-order valence-electron chi connectivity index (χ0n) is 8.61. The molecule has 0 bridgehead atoms. The zero-order valence-corrected chi connectivity index (χ0v) is 10.3. The lowest BCUT2D eigenvalue weighted by atomic mass is 10.5. The van der Waals surface area contributed by atoms with Crippen LogP contribution in [0.3, 0.4) is 0 Å². The normalized spacial score (nSPS) is 22.6. The third-order valence-electron chi connectivity index (χ3n) is 2.46. The summed E-state index contributed by atoms with van der Waals surface area (Å²) in [5.74, 6) is 0. The van der Waals surface area contributed by atoms with Gasteiger partial charge < -0.3 is 4.74 Å². The van der Waals surface area contributed by atoms with Crippen molar-refractivity contribution in [2.24, 2.45) is 0 Å². The third kappa shape index (κ3) is 2.54. The lowest BCUT2D eigenvalue weighted by Gasteiger charge is -2.25. The Hall–Kier alpha value is 0.490. The van der Waals surface area contributed by atoms with E-state index in [1.54, 1.807) is 7.11 Å². The summed E-state index contributed by atoms with van der Waals surface area (Å²) in [6, 6.07) is 0. The summed E-state index contributed by atoms with van der Waals surface area (Å²) in [6.07, 6.45) is 1.05. The Morgan fingerprint density at radius 1 is 1.29 bits per heavy atom. The van der Waals surface area contributed by atoms with Gasteiger partial charge in [0.15, 0.2) is 0 Å². The van der Waals surface area contributed by atoms with E-state index in [0.29, 0.717) is 0 Å². The van der Waals surface area contributed by atoms with Crippen LogP contribution < -0.4 is 5.09 Å². The average molecular weight is 235 g/mol. The molecule has 0 saturated carbocycles. The van der Waals surface area contributed by atoms with Crippen LogP contribution in [0.5, 0.6) is 0 Å². The summed E-state index contributed by atoms with van der Waals surface area (Å²) in [6.45, 7) is 5.06. The van der Waals surface area contributed by atoms with Crippen molar-refractivity contribution in [1.29, 1.82) is 0 Å². The van der Waals surface area contributed by atoms with Crippen LogP contribution in [0.1, 0.15) is 6.42 Å². The van der Waals surface area contributed by atoms with E-state index in [0.717, 1.165) is 19.6 Å². The molecule has 0 amide bonds. The Kier molecular flexibility index (Phi) is 3.58. The number of hydrogen-bond donors (Lipinski definition) is 1. The molecular formula is C8H18N3OPS. The van der Waals surface area contributed by atoms with Gasteiger partial charge in [-0.25, -0.2) is 9.34 Å². The van der Waals surface area contributed by atoms with Crippen molar-refractivity contribution in [2.75, 3.05) is 46.4 Å². The monoisotopic (exact) mass is 235 g/mol. The molecule has 0 spiro atoms. The summed E-state index contributed by atoms with van der Waals surface area (Å²) in [7, 11) is 1.74. The Balaban J connectivity index is 1.76. The molecule has 1 N–H and O–H groups in total. The SMILES string of the molecule is COCCCNP(=S)(N1CC1)N1CC1. The van der Waals surface area contributed by atoms with Crippen molar-refractivity contribution in [2.45, 2.75) is 6.42 Å². The molecule has 4 nitrogen and oxygen atoms in total. The summed E-state index contributed by atoms with van der Waals surface area (Å²) in [4.78, 5) is 0. The molecule has 14 heavy (non-hydrogen) atoms. The van der Waals surface area contributed by atoms with Gasteiger partial charge in [0, 0.05) is 46.4 Å². The summed E-state index contributed by atoms with van der Waals surface area (Å²) in [5, 5.41) is 3.55. The van der Waals surface area contributed by atoms with Crippen LogP contribution in [0, 0.1) is 0 Å². The van der Waals surface area contributed by atoms with Crippen molar-refractivity contribution in [3.63, 3.8) is 0 Å². The van der Waals surface area contributed by atoms with Gasteiger partial charge >= 0.3 is 0 Å². The first-order chi connectivity index (χ1) is 6.77. The van der Waals surface area contributed by atoms with E-state index in [1.165, 1.54) is 26.2 Å². The fourth-order valence-electron chi connectivity index (χ4n) is 1.45. The fourth-order valence-corrected chi connectivity index (χ4v) is 5.18. The van der Waals surface area contributed by atoms with Gasteiger partial charge in [-0.1, -0.05) is 0 Å². The Bertz CT molecular complexity index is 227. The van der Waals surface area contributed by atoms with E-state index >= 15 is 0 Å². The smallest absolute Gasteiger partial charge is 0.143 e. The molecule has 2 rings (SSSR count). The minimum absolute atomic E-state index is 0.822. The first-order valence-electron chi connectivity index (χ1n) is 5.12. The molecule has 0 aliphatic carbocycles. The van der Waals surface area contributed by atoms with Gasteiger partial charge in [0.05, 0.1) is 0 Å². The summed E-state index contributed by atoms with van der Waals surface area (Å²) in [5.41, 5.74) is 0. The van der Waals surface area contributed by atoms with Gasteiger partial charge in [-0.3, -0.25) is 5.09 Å². The van der Waals surface area contributed by atoms with Crippen LogP contribution in [-0.4, -0.2) is 55.8 Å². The molecule has 2 aliphatic rings. The number of nitrogens with zero attached hydrogens (tertiary/aromatic N) is 2. The third-order valence-corrected chi connectivity index (χ3v) is 7.20. The van der Waals surface area contributed by atoms with E-state index < -0.39 is 6.49 Å². The van der Waals surface area contributed by atoms with Crippen molar-refractivity contribution >= 4 is 18.3 Å². The molecule has 0 radical (unpaired) electrons. The molecule has 2 aliphatic heterocycles. The highest BCUT2D eigenvalue weighted by Gasteiger charge is 2.43. The minimum Gasteiger partial charge on any atom is -0.385 e. The predicted molar refractivity (Wildman–Crippen MR) is 61.9 cm³/mol. The van der Waals surface area contributed by atoms with E-state index in [4.69, 9.17) is 16.5 Å². The molecule has 2 saturated heterocycles. The van der Waals surface area contributed by atoms with Crippen LogP contribution in [0.25, 0.3) is 0 Å². The van der Waals surface area contributed by atoms with Gasteiger partial charge in [0.2, 0.25) is 0 Å². The second-order valence-electron chi connectivity index (χ2n) is 3.71. The first-order valence-corrected chi connectivity index (χ1v) is 7.83. The fraction of sp³-hybridized carbons (Fsp3) is 1.00. The van der Waals surface area contributed by atoms with Gasteiger partial charge in [0.25, 0.3) is 0 Å². The van der Waals surface area contributed by atoms with Crippen LogP contribution in [-0.2, 0) is 16.5 Å². The standard InChI is InChI=1S/C8H18N3OPS/c1-12-8-2-3-9-13(14,10-4-5-10)11-6-7-11/h2-8H2,1H3,(H,9,14). The predicted octanol–water partition coefficient (Wildman–Crippen LogP) is 0.468. The van der Waals surface area contributed by atoms with Crippen LogP contribution in [0.15, 0.2) is 0 Å². The molecule has 2 fully saturated rings. The first kappa shape index (κ1) is 11.0. The van der Waals surface area contributed by atoms with Gasteiger partial charge in [-0.2, -0.15) is 0 Å². The van der Waals surface area contributed by atoms with Crippen LogP contribution >= 0.6 is 6.49 Å². The van der Waals surface area contributed by atoms with Crippen LogP contribution in [0.2, 0.25) is 0 Å². The number of methoxy groups -OCH3 is 1. The maximum Gasteiger partial charge on any atom is 0.143 e. The second-order valence-corrected chi connectivity index (χ2v) is 7.77. The highest BCUT2D eigenvalue weighted by molar-refractivity contribution is 8.11. The second kappa shape index (κ2) is 4.56. The van der Waals surface area contributed by atoms with E-state index in [1.807, 2.05) is 0 Å². The highest BCUT2D eigenvalue weighted by Crippen LogP contribution is 2.56. The lowest BCUT2D eigenvalue weighted by Crippen LogP contribution is -2.22. The quantitative estimate of drug-likeness (QED) is 0.393. The Morgan fingerprint density at radius 3 is 2.29 bits per heavy atom. The maximum absolute atomic E-state index is 5.74. The largest absolute Gasteiger partial charge is 0.385 e. The molecule has 0 atom stereocenters. The van der Waals surface area contributed by atoms with E-state index in [-0.39, 0.29) is 0 Å². The molecule has 0 unspecified atom stereocenters. The van der Waals surface area contributed by atoms with Crippen molar-refractivity contribution in [3.05, 3.63) is 0 Å². The topological polar surface area (TPSA) is 27.3 Å². The summed E-state index contributed by atoms with van der Waals surface area (Å²) < 4.78 is 9.83. The van der Waals surface area contributed by atoms with Crippen molar-refractivity contribution in [1.82, 2.24) is 14.4 Å². The van der Waals surface area contributed by atoms with Gasteiger partial charge in [0.1, 0.15) is 6.49 Å². The van der Waals surface area contributed by atoms with Gasteiger partial charge in [-0.05, 0) is 18.2 Å². The number of ether oxygens (including phenoxy) is 1. The highest BCUT2D eigenvalue weighted by atomic mass is 32.4. The molecule has 82 valence electrons. The van der Waals surface area contributed by atoms with Crippen molar-refractivity contribution < 1.29 is 4.74 Å². The average Bonchev–Trinajstić information content (AvgIpc) is 3.06. The molecule has 2 heterocycles. The lowest BCUT2D eigenvalue weighted by molar-refractivity contribution is 0.196. The molecule has 0 aromatic rings. The zero-order chi connectivity index (χ0) is 10.0. The maximum atomic E-state index is 5.74. The van der Waals surface area contributed by atoms with E-state index in [9.17, 15) is 0 Å². The number of nitrogens with one attached hydrogen (secondary N) is 1. The Labute approximate surface area is 90.8 Å². The van der Waals surface area contributed by atoms with Crippen molar-refractivity contribution in [3.8, 4) is 0 Å². The summed E-state index contributed by atoms with van der Waals surface area (Å²) >= 11 is 5.74. The number of rotatable bonds is 7. The molecule has 0 aromatic carbocycles. The number of hydrogen-bond acceptors (Lipinski definition) is 2. The molecular weight excluding hydrogens is 217 g/mol. The molecule has 0 aromatic heterocycles. The minimum atomic E-state index is -1.49. The van der Waals surface area contributed by atoms with Gasteiger partial charge in [-0.15, -0.1) is 0 Å². The Morgan fingerprint density at radius 2 is 1.86 bits per heavy atom. The van der Waals surface area contributed by atoms with E-state index in [2.05, 4.69) is 14.4 Å². The molecule has 6 heteroatoms. The van der Waals surface area contributed by atoms with Crippen LogP contribution in [0.4, 0.5) is 0 Å².